The lowest BCUT2D eigenvalue weighted by Crippen LogP contribution is -2.50. The van der Waals surface area contributed by atoms with Crippen LogP contribution >= 0.6 is 0 Å². The summed E-state index contributed by atoms with van der Waals surface area (Å²) in [5.74, 6) is -1.76. The minimum Gasteiger partial charge on any atom is -0.483 e. The van der Waals surface area contributed by atoms with Gasteiger partial charge in [0.15, 0.2) is 14.9 Å². The second-order valence-electron chi connectivity index (χ2n) is 9.77. The second-order valence-corrected chi connectivity index (χ2v) is 14.1. The molecular weight excluding hydrogens is 566 g/mol. The Kier molecular flexibility index (Phi) is 7.93. The molecule has 40 heavy (non-hydrogen) atoms. The molecule has 14 heteroatoms. The van der Waals surface area contributed by atoms with Crippen LogP contribution in [0.15, 0.2) is 64.4 Å². The molecule has 2 fully saturated rings. The van der Waals surface area contributed by atoms with Crippen LogP contribution in [0.4, 0.5) is 14.5 Å². The van der Waals surface area contributed by atoms with Gasteiger partial charge in [-0.25, -0.2) is 25.6 Å². The number of anilines is 1. The molecule has 1 saturated heterocycles. The van der Waals surface area contributed by atoms with Crippen LogP contribution in [0.1, 0.15) is 25.7 Å². The van der Waals surface area contributed by atoms with Gasteiger partial charge in [-0.15, -0.1) is 0 Å². The maximum Gasteiger partial charge on any atom is 0.316 e. The summed E-state index contributed by atoms with van der Waals surface area (Å²) in [5, 5.41) is 3.08. The highest BCUT2D eigenvalue weighted by atomic mass is 32.3. The predicted octanol–water partition coefficient (Wildman–Crippen LogP) is 2.72. The first-order chi connectivity index (χ1) is 19.0. The molecule has 1 aliphatic carbocycles. The highest BCUT2D eigenvalue weighted by Crippen LogP contribution is 2.30. The molecule has 214 valence electrons. The number of sulfonamides is 1. The summed E-state index contributed by atoms with van der Waals surface area (Å²) in [6, 6.07) is 10.1. The number of hydrogen-bond donors (Lipinski definition) is 0. The summed E-state index contributed by atoms with van der Waals surface area (Å²) in [7, 11) is -8.21. The van der Waals surface area contributed by atoms with Gasteiger partial charge in [0.2, 0.25) is 15.8 Å². The molecule has 0 bridgehead atoms. The molecular formula is C26H28F2N4O6S2. The summed E-state index contributed by atoms with van der Waals surface area (Å²) < 4.78 is 87.2. The average molecular weight is 595 g/mol. The molecule has 0 unspecified atom stereocenters. The smallest absolute Gasteiger partial charge is 0.316 e. The number of rotatable bonds is 8. The summed E-state index contributed by atoms with van der Waals surface area (Å²) in [5.41, 5.74) is -0.460. The largest absolute Gasteiger partial charge is 0.483 e. The number of aromatic nitrogens is 2. The quantitative estimate of drug-likeness (QED) is 0.391. The van der Waals surface area contributed by atoms with Gasteiger partial charge in [0, 0.05) is 32.2 Å². The molecule has 10 nitrogen and oxygen atoms in total. The molecule has 0 radical (unpaired) electrons. The fraction of sp³-hybridized carbons (Fsp3) is 0.385. The fourth-order valence-corrected chi connectivity index (χ4v) is 8.96. The molecule has 1 aromatic heterocycles. The summed E-state index contributed by atoms with van der Waals surface area (Å²) in [4.78, 5) is 15.2. The lowest BCUT2D eigenvalue weighted by atomic mass is 10.2. The van der Waals surface area contributed by atoms with Crippen molar-refractivity contribution in [3.8, 4) is 11.4 Å². The average Bonchev–Trinajstić information content (AvgIpc) is 3.43. The van der Waals surface area contributed by atoms with E-state index in [9.17, 15) is 30.4 Å². The van der Waals surface area contributed by atoms with Crippen molar-refractivity contribution in [2.75, 3.05) is 36.2 Å². The van der Waals surface area contributed by atoms with E-state index in [0.717, 1.165) is 46.8 Å². The summed E-state index contributed by atoms with van der Waals surface area (Å²) in [6.07, 6.45) is 4.53. The molecule has 2 aliphatic rings. The number of sulfone groups is 1. The van der Waals surface area contributed by atoms with E-state index < -0.39 is 42.1 Å². The zero-order valence-electron chi connectivity index (χ0n) is 21.4. The van der Waals surface area contributed by atoms with Gasteiger partial charge in [0.05, 0.1) is 22.9 Å². The molecule has 0 atom stereocenters. The van der Waals surface area contributed by atoms with Crippen molar-refractivity contribution < 1.29 is 30.4 Å². The third kappa shape index (κ3) is 6.03. The van der Waals surface area contributed by atoms with Crippen LogP contribution in [-0.4, -0.2) is 68.3 Å². The summed E-state index contributed by atoms with van der Waals surface area (Å²) >= 11 is 0. The first-order valence-corrected chi connectivity index (χ1v) is 16.1. The van der Waals surface area contributed by atoms with Crippen LogP contribution < -0.4 is 15.2 Å². The van der Waals surface area contributed by atoms with E-state index in [1.165, 1.54) is 30.5 Å². The van der Waals surface area contributed by atoms with Crippen molar-refractivity contribution in [3.63, 3.8) is 0 Å². The number of hydrogen-bond acceptors (Lipinski definition) is 8. The Labute approximate surface area is 230 Å². The third-order valence-electron chi connectivity index (χ3n) is 6.97. The van der Waals surface area contributed by atoms with Gasteiger partial charge in [-0.3, -0.25) is 4.79 Å². The van der Waals surface area contributed by atoms with Gasteiger partial charge >= 0.3 is 5.56 Å². The van der Waals surface area contributed by atoms with Gasteiger partial charge in [-0.1, -0.05) is 18.2 Å². The van der Waals surface area contributed by atoms with Crippen LogP contribution in [0.5, 0.6) is 5.75 Å². The zero-order valence-corrected chi connectivity index (χ0v) is 23.1. The van der Waals surface area contributed by atoms with Crippen LogP contribution in [0.3, 0.4) is 0 Å². The topological polar surface area (TPSA) is 119 Å². The molecule has 2 aromatic carbocycles. The van der Waals surface area contributed by atoms with Crippen molar-refractivity contribution in [2.45, 2.75) is 36.7 Å². The van der Waals surface area contributed by atoms with Crippen molar-refractivity contribution in [1.29, 1.82) is 0 Å². The monoisotopic (exact) mass is 594 g/mol. The number of halogens is 2. The second kappa shape index (κ2) is 11.3. The molecule has 2 heterocycles. The van der Waals surface area contributed by atoms with Crippen molar-refractivity contribution in [1.82, 2.24) is 14.1 Å². The van der Waals surface area contributed by atoms with E-state index in [1.54, 1.807) is 11.0 Å². The molecule has 0 spiro atoms. The maximum absolute atomic E-state index is 13.9. The van der Waals surface area contributed by atoms with Gasteiger partial charge in [-0.05, 0) is 49.9 Å². The van der Waals surface area contributed by atoms with Crippen molar-refractivity contribution >= 4 is 25.5 Å². The lowest BCUT2D eigenvalue weighted by molar-refractivity contribution is 0.205. The highest BCUT2D eigenvalue weighted by molar-refractivity contribution is 8.07. The Balaban J connectivity index is 1.39. The fourth-order valence-electron chi connectivity index (χ4n) is 4.96. The summed E-state index contributed by atoms with van der Waals surface area (Å²) in [6.45, 7) is 0.248. The van der Waals surface area contributed by atoms with Gasteiger partial charge in [0.25, 0.3) is 0 Å². The lowest BCUT2D eigenvalue weighted by Gasteiger charge is -2.35. The minimum atomic E-state index is -4.15. The van der Waals surface area contributed by atoms with Crippen LogP contribution in [0.2, 0.25) is 0 Å². The Bertz CT molecular complexity index is 1630. The Morgan fingerprint density at radius 1 is 0.900 bits per heavy atom. The molecule has 1 saturated carbocycles. The van der Waals surface area contributed by atoms with E-state index in [2.05, 4.69) is 5.10 Å². The molecule has 0 amide bonds. The van der Waals surface area contributed by atoms with Gasteiger partial charge in [0.1, 0.15) is 17.3 Å². The highest BCUT2D eigenvalue weighted by Gasteiger charge is 2.34. The molecule has 5 rings (SSSR count). The normalized spacial score (nSPS) is 17.3. The molecule has 3 aromatic rings. The van der Waals surface area contributed by atoms with Crippen LogP contribution in [-0.2, 0) is 19.9 Å². The Morgan fingerprint density at radius 2 is 1.52 bits per heavy atom. The Morgan fingerprint density at radius 3 is 2.15 bits per heavy atom. The van der Waals surface area contributed by atoms with E-state index in [-0.39, 0.29) is 48.6 Å². The van der Waals surface area contributed by atoms with Crippen LogP contribution in [0, 0.1) is 11.6 Å². The SMILES string of the molecule is O=c1c(OC2CCCC2)c(N2CCN(S(=O)(=O)CS(=O)(=O)c3ccccc3)CC2)cnn1-c1cc(F)cc(F)c1. The number of benzene rings is 2. The number of ether oxygens (including phenoxy) is 1. The zero-order chi connectivity index (χ0) is 28.5. The van der Waals surface area contributed by atoms with Crippen molar-refractivity contribution in [2.24, 2.45) is 0 Å². The van der Waals surface area contributed by atoms with Gasteiger partial charge < -0.3 is 9.64 Å². The van der Waals surface area contributed by atoms with E-state index in [0.29, 0.717) is 11.8 Å². The standard InChI is InChI=1S/C26H28F2N4O6S2/c27-19-14-20(28)16-21(15-19)32-26(33)25(38-22-6-4-5-7-22)24(17-29-32)30-10-12-31(13-11-30)40(36,37)18-39(34,35)23-8-2-1-3-9-23/h1-3,8-9,14-17,22H,4-7,10-13,18H2. The molecule has 0 N–H and O–H groups in total. The Hall–Kier alpha value is -3.36. The first kappa shape index (κ1) is 28.2. The van der Waals surface area contributed by atoms with E-state index >= 15 is 0 Å². The van der Waals surface area contributed by atoms with Crippen LogP contribution in [0.25, 0.3) is 5.69 Å². The minimum absolute atomic E-state index is 0.0201. The van der Waals surface area contributed by atoms with E-state index in [4.69, 9.17) is 4.74 Å². The van der Waals surface area contributed by atoms with E-state index in [1.807, 2.05) is 0 Å². The van der Waals surface area contributed by atoms with Gasteiger partial charge in [-0.2, -0.15) is 14.1 Å². The van der Waals surface area contributed by atoms with Crippen molar-refractivity contribution in [3.05, 3.63) is 76.7 Å². The molecule has 1 aliphatic heterocycles. The number of piperazine rings is 1. The maximum atomic E-state index is 13.9. The third-order valence-corrected chi connectivity index (χ3v) is 11.5. The number of nitrogens with zero attached hydrogens (tertiary/aromatic N) is 4. The predicted molar refractivity (Wildman–Crippen MR) is 144 cm³/mol. The first-order valence-electron chi connectivity index (χ1n) is 12.8.